The zero-order valence-corrected chi connectivity index (χ0v) is 13.4. The van der Waals surface area contributed by atoms with Gasteiger partial charge in [-0.15, -0.1) is 0 Å². The van der Waals surface area contributed by atoms with E-state index in [1.807, 2.05) is 6.07 Å². The minimum absolute atomic E-state index is 0.0804. The van der Waals surface area contributed by atoms with Crippen LogP contribution in [0.5, 0.6) is 0 Å². The van der Waals surface area contributed by atoms with Crippen molar-refractivity contribution in [2.75, 3.05) is 20.1 Å². The second-order valence-electron chi connectivity index (χ2n) is 6.11. The second-order valence-corrected chi connectivity index (χ2v) is 6.11. The van der Waals surface area contributed by atoms with E-state index in [1.54, 1.807) is 18.6 Å². The van der Waals surface area contributed by atoms with Crippen molar-refractivity contribution in [1.29, 1.82) is 0 Å². The van der Waals surface area contributed by atoms with E-state index in [4.69, 9.17) is 0 Å². The first-order valence-electron chi connectivity index (χ1n) is 8.00. The molecule has 0 bridgehead atoms. The summed E-state index contributed by atoms with van der Waals surface area (Å²) in [4.78, 5) is 22.8. The lowest BCUT2D eigenvalue weighted by Crippen LogP contribution is -2.39. The van der Waals surface area contributed by atoms with Crippen LogP contribution in [0, 0.1) is 0 Å². The van der Waals surface area contributed by atoms with E-state index in [9.17, 15) is 4.79 Å². The Morgan fingerprint density at radius 2 is 2.09 bits per heavy atom. The van der Waals surface area contributed by atoms with Crippen molar-refractivity contribution in [3.63, 3.8) is 0 Å². The molecule has 0 unspecified atom stereocenters. The summed E-state index contributed by atoms with van der Waals surface area (Å²) in [5, 5.41) is 3.20. The molecule has 1 fully saturated rings. The van der Waals surface area contributed by atoms with Crippen molar-refractivity contribution in [2.45, 2.75) is 24.8 Å². The van der Waals surface area contributed by atoms with E-state index in [1.165, 1.54) is 5.56 Å². The fraction of sp³-hybridized carbons (Fsp3) is 0.389. The Balaban J connectivity index is 1.58. The Bertz CT molecular complexity index is 632. The Kier molecular flexibility index (Phi) is 4.98. The first kappa shape index (κ1) is 15.6. The van der Waals surface area contributed by atoms with E-state index >= 15 is 0 Å². The number of rotatable bonds is 5. The third-order valence-corrected chi connectivity index (χ3v) is 4.30. The van der Waals surface area contributed by atoms with Gasteiger partial charge < -0.3 is 10.2 Å². The molecule has 0 aliphatic carbocycles. The van der Waals surface area contributed by atoms with Gasteiger partial charge >= 0.3 is 0 Å². The quantitative estimate of drug-likeness (QED) is 0.912. The number of aromatic nitrogens is 2. The third-order valence-electron chi connectivity index (χ3n) is 4.30. The summed E-state index contributed by atoms with van der Waals surface area (Å²) < 4.78 is 0. The van der Waals surface area contributed by atoms with Crippen LogP contribution in [0.25, 0.3) is 0 Å². The molecule has 2 atom stereocenters. The molecular weight excluding hydrogens is 288 g/mol. The van der Waals surface area contributed by atoms with Crippen LogP contribution in [-0.4, -0.2) is 47.0 Å². The molecule has 3 rings (SSSR count). The van der Waals surface area contributed by atoms with Crippen molar-refractivity contribution < 1.29 is 4.79 Å². The molecular formula is C18H22N4O. The fourth-order valence-corrected chi connectivity index (χ4v) is 3.16. The molecule has 1 aromatic carbocycles. The lowest BCUT2D eigenvalue weighted by molar-refractivity contribution is -0.121. The average Bonchev–Trinajstić information content (AvgIpc) is 2.95. The van der Waals surface area contributed by atoms with Gasteiger partial charge in [0.25, 0.3) is 0 Å². The van der Waals surface area contributed by atoms with Crippen LogP contribution in [0.2, 0.25) is 0 Å². The van der Waals surface area contributed by atoms with Gasteiger partial charge in [0.1, 0.15) is 0 Å². The van der Waals surface area contributed by atoms with Crippen molar-refractivity contribution in [3.05, 3.63) is 60.2 Å². The van der Waals surface area contributed by atoms with Crippen LogP contribution < -0.4 is 5.32 Å². The van der Waals surface area contributed by atoms with Crippen molar-refractivity contribution in [3.8, 4) is 0 Å². The second kappa shape index (κ2) is 7.33. The number of benzene rings is 1. The van der Waals surface area contributed by atoms with E-state index in [2.05, 4.69) is 51.5 Å². The standard InChI is InChI=1S/C18H22N4O/c1-22-12-16(14-5-3-2-4-6-14)17(13-22)21-18(23)8-7-15-11-19-9-10-20-15/h2-6,9-11,16-17H,7-8,12-13H2,1H3,(H,21,23)/t16-,17+/m1/s1. The highest BCUT2D eigenvalue weighted by molar-refractivity contribution is 5.76. The Morgan fingerprint density at radius 3 is 2.83 bits per heavy atom. The van der Waals surface area contributed by atoms with Crippen molar-refractivity contribution in [1.82, 2.24) is 20.2 Å². The highest BCUT2D eigenvalue weighted by atomic mass is 16.1. The van der Waals surface area contributed by atoms with Gasteiger partial charge in [-0.3, -0.25) is 14.8 Å². The molecule has 2 heterocycles. The number of likely N-dealkylation sites (N-methyl/N-ethyl adjacent to an activating group) is 1. The molecule has 1 aromatic heterocycles. The molecule has 5 heteroatoms. The molecule has 0 radical (unpaired) electrons. The molecule has 0 spiro atoms. The summed E-state index contributed by atoms with van der Waals surface area (Å²) in [5.74, 6) is 0.429. The molecule has 23 heavy (non-hydrogen) atoms. The van der Waals surface area contributed by atoms with Crippen molar-refractivity contribution >= 4 is 5.91 Å². The third kappa shape index (κ3) is 4.13. The molecule has 0 saturated carbocycles. The number of nitrogens with one attached hydrogen (secondary N) is 1. The van der Waals surface area contributed by atoms with Crippen LogP contribution in [0.4, 0.5) is 0 Å². The first-order valence-corrected chi connectivity index (χ1v) is 8.00. The normalized spacial score (nSPS) is 21.3. The van der Waals surface area contributed by atoms with Gasteiger partial charge in [-0.2, -0.15) is 0 Å². The highest BCUT2D eigenvalue weighted by Gasteiger charge is 2.32. The molecule has 2 aromatic rings. The minimum Gasteiger partial charge on any atom is -0.351 e. The van der Waals surface area contributed by atoms with E-state index < -0.39 is 0 Å². The van der Waals surface area contributed by atoms with E-state index in [0.717, 1.165) is 18.8 Å². The number of hydrogen-bond donors (Lipinski definition) is 1. The maximum atomic E-state index is 12.3. The SMILES string of the molecule is CN1C[C@H](NC(=O)CCc2cnccn2)[C@@H](c2ccccc2)C1. The molecule has 5 nitrogen and oxygen atoms in total. The summed E-state index contributed by atoms with van der Waals surface area (Å²) in [7, 11) is 2.10. The summed E-state index contributed by atoms with van der Waals surface area (Å²) in [6.45, 7) is 1.86. The van der Waals surface area contributed by atoms with Gasteiger partial charge in [0.05, 0.1) is 5.69 Å². The van der Waals surface area contributed by atoms with E-state index in [-0.39, 0.29) is 11.9 Å². The summed E-state index contributed by atoms with van der Waals surface area (Å²) >= 11 is 0. The number of nitrogens with zero attached hydrogens (tertiary/aromatic N) is 3. The van der Waals surface area contributed by atoms with Crippen LogP contribution in [-0.2, 0) is 11.2 Å². The molecule has 1 amide bonds. The molecule has 1 aliphatic heterocycles. The maximum absolute atomic E-state index is 12.3. The smallest absolute Gasteiger partial charge is 0.220 e. The largest absolute Gasteiger partial charge is 0.351 e. The Hall–Kier alpha value is -2.27. The van der Waals surface area contributed by atoms with Gasteiger partial charge in [-0.1, -0.05) is 30.3 Å². The summed E-state index contributed by atoms with van der Waals surface area (Å²) in [5.41, 5.74) is 2.14. The number of carbonyl (C=O) groups is 1. The number of aryl methyl sites for hydroxylation is 1. The number of carbonyl (C=O) groups excluding carboxylic acids is 1. The van der Waals surface area contributed by atoms with Crippen LogP contribution >= 0.6 is 0 Å². The van der Waals surface area contributed by atoms with Gasteiger partial charge in [0.15, 0.2) is 0 Å². The highest BCUT2D eigenvalue weighted by Crippen LogP contribution is 2.26. The van der Waals surface area contributed by atoms with Crippen molar-refractivity contribution in [2.24, 2.45) is 0 Å². The zero-order chi connectivity index (χ0) is 16.1. The molecule has 1 saturated heterocycles. The zero-order valence-electron chi connectivity index (χ0n) is 13.4. The minimum atomic E-state index is 0.0804. The Morgan fingerprint density at radius 1 is 1.26 bits per heavy atom. The van der Waals surface area contributed by atoms with Gasteiger partial charge in [0, 0.05) is 50.1 Å². The van der Waals surface area contributed by atoms with Crippen LogP contribution in [0.3, 0.4) is 0 Å². The van der Waals surface area contributed by atoms with Gasteiger partial charge in [0.2, 0.25) is 5.91 Å². The van der Waals surface area contributed by atoms with Gasteiger partial charge in [-0.25, -0.2) is 0 Å². The van der Waals surface area contributed by atoms with Crippen LogP contribution in [0.1, 0.15) is 23.6 Å². The predicted octanol–water partition coefficient (Wildman–Crippen LogP) is 1.62. The first-order chi connectivity index (χ1) is 11.2. The van der Waals surface area contributed by atoms with Gasteiger partial charge in [-0.05, 0) is 19.0 Å². The molecule has 1 aliphatic rings. The summed E-state index contributed by atoms with van der Waals surface area (Å²) in [6.07, 6.45) is 6.08. The molecule has 1 N–H and O–H groups in total. The topological polar surface area (TPSA) is 58.1 Å². The van der Waals surface area contributed by atoms with E-state index in [0.29, 0.717) is 18.8 Å². The lowest BCUT2D eigenvalue weighted by atomic mass is 9.94. The average molecular weight is 310 g/mol. The maximum Gasteiger partial charge on any atom is 0.220 e. The monoisotopic (exact) mass is 310 g/mol. The number of likely N-dealkylation sites (tertiary alicyclic amines) is 1. The fourth-order valence-electron chi connectivity index (χ4n) is 3.16. The number of amides is 1. The Labute approximate surface area is 136 Å². The lowest BCUT2D eigenvalue weighted by Gasteiger charge is -2.20. The van der Waals surface area contributed by atoms with Crippen LogP contribution in [0.15, 0.2) is 48.9 Å². The predicted molar refractivity (Wildman–Crippen MR) is 89.0 cm³/mol. The molecule has 120 valence electrons. The number of hydrogen-bond acceptors (Lipinski definition) is 4. The summed E-state index contributed by atoms with van der Waals surface area (Å²) in [6, 6.07) is 10.6.